The molecule has 0 N–H and O–H groups in total. The number of rotatable bonds is 4. The summed E-state index contributed by atoms with van der Waals surface area (Å²) in [5.74, 6) is 1.45. The number of ketones is 1. The maximum absolute atomic E-state index is 12.6. The van der Waals surface area contributed by atoms with Gasteiger partial charge in [-0.05, 0) is 43.5 Å². The topological polar surface area (TPSA) is 53.4 Å². The summed E-state index contributed by atoms with van der Waals surface area (Å²) in [6.45, 7) is 2.49. The van der Waals surface area contributed by atoms with Crippen LogP contribution < -0.4 is 9.47 Å². The molecule has 0 unspecified atom stereocenters. The minimum Gasteiger partial charge on any atom is -0.493 e. The van der Waals surface area contributed by atoms with Crippen LogP contribution in [-0.2, 0) is 13.5 Å². The molecule has 3 rings (SSSR count). The first-order chi connectivity index (χ1) is 11.1. The van der Waals surface area contributed by atoms with Crippen molar-refractivity contribution in [3.8, 4) is 11.5 Å². The number of carbonyl (C=O) groups is 1. The molecule has 0 spiro atoms. The molecule has 1 aliphatic rings. The fourth-order valence-electron chi connectivity index (χ4n) is 2.88. The quantitative estimate of drug-likeness (QED) is 0.814. The summed E-state index contributed by atoms with van der Waals surface area (Å²) >= 11 is 0. The van der Waals surface area contributed by atoms with Gasteiger partial charge >= 0.3 is 0 Å². The molecule has 0 atom stereocenters. The third kappa shape index (κ3) is 2.86. The monoisotopic (exact) mass is 312 g/mol. The van der Waals surface area contributed by atoms with Crippen LogP contribution in [0.2, 0.25) is 0 Å². The molecule has 5 heteroatoms. The molecule has 2 aromatic rings. The first-order valence-electron chi connectivity index (χ1n) is 7.71. The second kappa shape index (κ2) is 6.28. The SMILES string of the molecule is CCOc1cc(C=C2CCc3c(cnn3C)C2=O)ccc1OC. The normalized spacial score (nSPS) is 15.6. The van der Waals surface area contributed by atoms with Crippen molar-refractivity contribution in [2.24, 2.45) is 7.05 Å². The highest BCUT2D eigenvalue weighted by molar-refractivity contribution is 6.12. The van der Waals surface area contributed by atoms with Gasteiger partial charge in [-0.1, -0.05) is 6.07 Å². The summed E-state index contributed by atoms with van der Waals surface area (Å²) in [5.41, 5.74) is 3.46. The first-order valence-corrected chi connectivity index (χ1v) is 7.71. The van der Waals surface area contributed by atoms with Crippen LogP contribution in [0.1, 0.15) is 35.0 Å². The summed E-state index contributed by atoms with van der Waals surface area (Å²) in [7, 11) is 3.49. The number of hydrogen-bond acceptors (Lipinski definition) is 4. The molecule has 0 aliphatic heterocycles. The van der Waals surface area contributed by atoms with Gasteiger partial charge in [0.2, 0.25) is 0 Å². The van der Waals surface area contributed by atoms with Crippen molar-refractivity contribution in [1.29, 1.82) is 0 Å². The zero-order valence-corrected chi connectivity index (χ0v) is 13.6. The molecule has 0 radical (unpaired) electrons. The number of carbonyl (C=O) groups excluding carboxylic acids is 1. The van der Waals surface area contributed by atoms with Crippen LogP contribution in [-0.4, -0.2) is 29.3 Å². The van der Waals surface area contributed by atoms with Crippen molar-refractivity contribution in [1.82, 2.24) is 9.78 Å². The molecule has 120 valence electrons. The van der Waals surface area contributed by atoms with Crippen molar-refractivity contribution >= 4 is 11.9 Å². The van der Waals surface area contributed by atoms with Crippen molar-refractivity contribution < 1.29 is 14.3 Å². The Balaban J connectivity index is 1.93. The van der Waals surface area contributed by atoms with Gasteiger partial charge in [0.05, 0.1) is 25.5 Å². The van der Waals surface area contributed by atoms with Gasteiger partial charge in [-0.2, -0.15) is 5.10 Å². The predicted molar refractivity (Wildman–Crippen MR) is 88.0 cm³/mol. The molecule has 0 saturated carbocycles. The predicted octanol–water partition coefficient (Wildman–Crippen LogP) is 3.04. The molecule has 0 saturated heterocycles. The van der Waals surface area contributed by atoms with E-state index in [4.69, 9.17) is 9.47 Å². The molecule has 0 amide bonds. The Labute approximate surface area is 135 Å². The first kappa shape index (κ1) is 15.3. The Hall–Kier alpha value is -2.56. The van der Waals surface area contributed by atoms with E-state index in [9.17, 15) is 4.79 Å². The highest BCUT2D eigenvalue weighted by Crippen LogP contribution is 2.31. The average Bonchev–Trinajstić information content (AvgIpc) is 2.93. The Bertz CT molecular complexity index is 775. The van der Waals surface area contributed by atoms with Gasteiger partial charge in [0.25, 0.3) is 0 Å². The molecule has 1 aromatic heterocycles. The zero-order valence-electron chi connectivity index (χ0n) is 13.6. The lowest BCUT2D eigenvalue weighted by molar-refractivity contribution is 0.102. The van der Waals surface area contributed by atoms with E-state index < -0.39 is 0 Å². The van der Waals surface area contributed by atoms with E-state index in [2.05, 4.69) is 5.10 Å². The second-order valence-corrected chi connectivity index (χ2v) is 5.47. The number of hydrogen-bond donors (Lipinski definition) is 0. The van der Waals surface area contributed by atoms with Crippen LogP contribution in [0.25, 0.3) is 6.08 Å². The summed E-state index contributed by atoms with van der Waals surface area (Å²) < 4.78 is 12.7. The van der Waals surface area contributed by atoms with Crippen molar-refractivity contribution in [2.45, 2.75) is 19.8 Å². The fourth-order valence-corrected chi connectivity index (χ4v) is 2.88. The van der Waals surface area contributed by atoms with Crippen LogP contribution in [0, 0.1) is 0 Å². The van der Waals surface area contributed by atoms with Gasteiger partial charge in [-0.15, -0.1) is 0 Å². The lowest BCUT2D eigenvalue weighted by Gasteiger charge is -2.15. The number of benzene rings is 1. The molecule has 1 aromatic carbocycles. The second-order valence-electron chi connectivity index (χ2n) is 5.47. The van der Waals surface area contributed by atoms with Gasteiger partial charge in [-0.25, -0.2) is 0 Å². The Morgan fingerprint density at radius 1 is 1.30 bits per heavy atom. The van der Waals surface area contributed by atoms with Crippen LogP contribution >= 0.6 is 0 Å². The lowest BCUT2D eigenvalue weighted by atomic mass is 9.90. The number of fused-ring (bicyclic) bond motifs is 1. The zero-order chi connectivity index (χ0) is 16.4. The summed E-state index contributed by atoms with van der Waals surface area (Å²) in [6.07, 6.45) is 5.14. The maximum Gasteiger partial charge on any atom is 0.192 e. The van der Waals surface area contributed by atoms with Crippen LogP contribution in [0.5, 0.6) is 11.5 Å². The molecule has 5 nitrogen and oxygen atoms in total. The number of aromatic nitrogens is 2. The van der Waals surface area contributed by atoms with Crippen molar-refractivity contribution in [3.63, 3.8) is 0 Å². The minimum absolute atomic E-state index is 0.0631. The minimum atomic E-state index is 0.0631. The molecule has 1 heterocycles. The van der Waals surface area contributed by atoms with Gasteiger partial charge in [0, 0.05) is 18.3 Å². The summed E-state index contributed by atoms with van der Waals surface area (Å²) in [5, 5.41) is 4.18. The van der Waals surface area contributed by atoms with E-state index in [1.54, 1.807) is 18.0 Å². The van der Waals surface area contributed by atoms with Gasteiger partial charge < -0.3 is 9.47 Å². The number of nitrogens with zero attached hydrogens (tertiary/aromatic N) is 2. The molecule has 0 fully saturated rings. The number of allylic oxidation sites excluding steroid dienone is 1. The lowest BCUT2D eigenvalue weighted by Crippen LogP contribution is -2.15. The standard InChI is InChI=1S/C18H20N2O3/c1-4-23-17-10-12(5-8-16(17)22-3)9-13-6-7-15-14(18(13)21)11-19-20(15)2/h5,8-11H,4,6-7H2,1-3H3. The van der Waals surface area contributed by atoms with Gasteiger partial charge in [-0.3, -0.25) is 9.48 Å². The van der Waals surface area contributed by atoms with Gasteiger partial charge in [0.15, 0.2) is 17.3 Å². The van der Waals surface area contributed by atoms with Crippen LogP contribution in [0.3, 0.4) is 0 Å². The van der Waals surface area contributed by atoms with Crippen LogP contribution in [0.15, 0.2) is 30.0 Å². The van der Waals surface area contributed by atoms with E-state index in [-0.39, 0.29) is 5.78 Å². The third-order valence-corrected chi connectivity index (χ3v) is 4.06. The molecule has 0 bridgehead atoms. The Morgan fingerprint density at radius 2 is 2.13 bits per heavy atom. The van der Waals surface area contributed by atoms with Gasteiger partial charge in [0.1, 0.15) is 0 Å². The number of ether oxygens (including phenoxy) is 2. The Morgan fingerprint density at radius 3 is 2.87 bits per heavy atom. The van der Waals surface area contributed by atoms with E-state index in [0.29, 0.717) is 23.7 Å². The molecular weight excluding hydrogens is 292 g/mol. The van der Waals surface area contributed by atoms with E-state index in [1.165, 1.54) is 0 Å². The largest absolute Gasteiger partial charge is 0.493 e. The highest BCUT2D eigenvalue weighted by atomic mass is 16.5. The number of Topliss-reactive ketones (excluding diaryl/α,β-unsaturated/α-hetero) is 1. The molecule has 23 heavy (non-hydrogen) atoms. The number of methoxy groups -OCH3 is 1. The van der Waals surface area contributed by atoms with E-state index in [1.807, 2.05) is 38.2 Å². The summed E-state index contributed by atoms with van der Waals surface area (Å²) in [4.78, 5) is 12.6. The van der Waals surface area contributed by atoms with Crippen molar-refractivity contribution in [2.75, 3.05) is 13.7 Å². The number of aryl methyl sites for hydroxylation is 1. The highest BCUT2D eigenvalue weighted by Gasteiger charge is 2.24. The molecule has 1 aliphatic carbocycles. The van der Waals surface area contributed by atoms with Crippen LogP contribution in [0.4, 0.5) is 0 Å². The maximum atomic E-state index is 12.6. The molecular formula is C18H20N2O3. The summed E-state index contributed by atoms with van der Waals surface area (Å²) in [6, 6.07) is 5.70. The van der Waals surface area contributed by atoms with E-state index >= 15 is 0 Å². The average molecular weight is 312 g/mol. The fraction of sp³-hybridized carbons (Fsp3) is 0.333. The van der Waals surface area contributed by atoms with E-state index in [0.717, 1.165) is 29.7 Å². The van der Waals surface area contributed by atoms with Crippen molar-refractivity contribution in [3.05, 3.63) is 46.8 Å². The Kier molecular flexibility index (Phi) is 4.19. The smallest absolute Gasteiger partial charge is 0.192 e. The third-order valence-electron chi connectivity index (χ3n) is 4.06.